The van der Waals surface area contributed by atoms with Crippen LogP contribution in [0.3, 0.4) is 0 Å². The number of halogens is 3. The molecule has 0 aromatic carbocycles. The lowest BCUT2D eigenvalue weighted by Gasteiger charge is -2.21. The van der Waals surface area contributed by atoms with Crippen LogP contribution in [0.2, 0.25) is 0 Å². The Hall–Kier alpha value is -1.47. The molecular formula is C11H19F3N2O3. The first-order valence-corrected chi connectivity index (χ1v) is 5.92. The summed E-state index contributed by atoms with van der Waals surface area (Å²) in [6.45, 7) is 1.27. The van der Waals surface area contributed by atoms with Gasteiger partial charge in [0.25, 0.3) is 0 Å². The fraction of sp³-hybridized carbons (Fsp3) is 0.818. The predicted octanol–water partition coefficient (Wildman–Crippen LogP) is 2.22. The van der Waals surface area contributed by atoms with Crippen LogP contribution in [0.1, 0.15) is 32.6 Å². The number of carboxylic acid groups (broad SMARTS) is 1. The Morgan fingerprint density at radius 2 is 1.95 bits per heavy atom. The second-order valence-corrected chi connectivity index (χ2v) is 4.42. The van der Waals surface area contributed by atoms with Gasteiger partial charge in [-0.1, -0.05) is 0 Å². The van der Waals surface area contributed by atoms with E-state index in [4.69, 9.17) is 5.11 Å². The molecule has 0 spiro atoms. The van der Waals surface area contributed by atoms with E-state index >= 15 is 0 Å². The van der Waals surface area contributed by atoms with Crippen LogP contribution in [0.4, 0.5) is 18.0 Å². The molecule has 0 rings (SSSR count). The lowest BCUT2D eigenvalue weighted by molar-refractivity contribution is -0.137. The first-order valence-electron chi connectivity index (χ1n) is 5.92. The number of nitrogens with zero attached hydrogens (tertiary/aromatic N) is 1. The summed E-state index contributed by atoms with van der Waals surface area (Å²) >= 11 is 0. The molecule has 0 aliphatic heterocycles. The maximum atomic E-state index is 12.0. The highest BCUT2D eigenvalue weighted by atomic mass is 19.4. The summed E-state index contributed by atoms with van der Waals surface area (Å²) < 4.78 is 35.9. The fourth-order valence-corrected chi connectivity index (χ4v) is 1.35. The maximum absolute atomic E-state index is 12.0. The minimum Gasteiger partial charge on any atom is -0.481 e. The molecule has 19 heavy (non-hydrogen) atoms. The van der Waals surface area contributed by atoms with Gasteiger partial charge < -0.3 is 15.3 Å². The molecule has 0 aliphatic rings. The lowest BCUT2D eigenvalue weighted by atomic mass is 10.1. The Morgan fingerprint density at radius 1 is 1.37 bits per heavy atom. The molecule has 0 aliphatic carbocycles. The van der Waals surface area contributed by atoms with Crippen molar-refractivity contribution in [2.45, 2.75) is 44.8 Å². The van der Waals surface area contributed by atoms with Crippen LogP contribution in [0.5, 0.6) is 0 Å². The van der Waals surface area contributed by atoms with E-state index in [9.17, 15) is 22.8 Å². The number of carbonyl (C=O) groups is 2. The van der Waals surface area contributed by atoms with Gasteiger partial charge in [-0.15, -0.1) is 0 Å². The highest BCUT2D eigenvalue weighted by molar-refractivity contribution is 5.74. The minimum absolute atomic E-state index is 0.00409. The molecule has 1 unspecified atom stereocenters. The number of hydrogen-bond donors (Lipinski definition) is 2. The Balaban J connectivity index is 3.91. The van der Waals surface area contributed by atoms with Crippen molar-refractivity contribution in [3.05, 3.63) is 0 Å². The number of alkyl halides is 3. The zero-order valence-corrected chi connectivity index (χ0v) is 11.0. The average Bonchev–Trinajstić information content (AvgIpc) is 2.24. The maximum Gasteiger partial charge on any atom is 0.390 e. The second-order valence-electron chi connectivity index (χ2n) is 4.42. The summed E-state index contributed by atoms with van der Waals surface area (Å²) in [6.07, 6.45) is -4.47. The molecule has 0 heterocycles. The predicted molar refractivity (Wildman–Crippen MR) is 62.8 cm³/mol. The van der Waals surface area contributed by atoms with Gasteiger partial charge in [0.05, 0.1) is 6.42 Å². The van der Waals surface area contributed by atoms with Crippen molar-refractivity contribution in [2.75, 3.05) is 13.6 Å². The van der Waals surface area contributed by atoms with Crippen molar-refractivity contribution in [1.29, 1.82) is 0 Å². The van der Waals surface area contributed by atoms with Crippen molar-refractivity contribution in [3.8, 4) is 0 Å². The van der Waals surface area contributed by atoms with Crippen molar-refractivity contribution < 1.29 is 27.9 Å². The van der Waals surface area contributed by atoms with Crippen LogP contribution in [0.15, 0.2) is 0 Å². The van der Waals surface area contributed by atoms with E-state index in [1.54, 1.807) is 6.92 Å². The highest BCUT2D eigenvalue weighted by Crippen LogP contribution is 2.19. The molecule has 112 valence electrons. The Labute approximate surface area is 109 Å². The summed E-state index contributed by atoms with van der Waals surface area (Å²) in [5.41, 5.74) is 0. The lowest BCUT2D eigenvalue weighted by Crippen LogP contribution is -2.43. The van der Waals surface area contributed by atoms with Crippen LogP contribution in [-0.4, -0.2) is 47.8 Å². The number of amides is 2. The third kappa shape index (κ3) is 10.2. The third-order valence-electron chi connectivity index (χ3n) is 2.48. The van der Waals surface area contributed by atoms with E-state index in [0.29, 0.717) is 12.8 Å². The molecule has 0 radical (unpaired) electrons. The van der Waals surface area contributed by atoms with Crippen molar-refractivity contribution in [1.82, 2.24) is 10.2 Å². The quantitative estimate of drug-likeness (QED) is 0.753. The van der Waals surface area contributed by atoms with E-state index in [0.717, 1.165) is 4.90 Å². The molecule has 0 saturated heterocycles. The summed E-state index contributed by atoms with van der Waals surface area (Å²) in [6, 6.07) is -0.868. The van der Waals surface area contributed by atoms with E-state index in [2.05, 4.69) is 5.32 Å². The molecule has 1 atom stereocenters. The van der Waals surface area contributed by atoms with Gasteiger partial charge in [-0.05, 0) is 19.8 Å². The smallest absolute Gasteiger partial charge is 0.390 e. The Kier molecular flexibility index (Phi) is 7.25. The third-order valence-corrected chi connectivity index (χ3v) is 2.48. The first-order chi connectivity index (χ1) is 8.61. The largest absolute Gasteiger partial charge is 0.481 e. The summed E-state index contributed by atoms with van der Waals surface area (Å²) in [5, 5.41) is 11.0. The van der Waals surface area contributed by atoms with Gasteiger partial charge >= 0.3 is 18.2 Å². The van der Waals surface area contributed by atoms with Gasteiger partial charge in [-0.25, -0.2) is 4.79 Å². The molecule has 0 fully saturated rings. The summed E-state index contributed by atoms with van der Waals surface area (Å²) in [4.78, 5) is 22.7. The van der Waals surface area contributed by atoms with Gasteiger partial charge in [-0.3, -0.25) is 4.79 Å². The second kappa shape index (κ2) is 7.85. The van der Waals surface area contributed by atoms with E-state index < -0.39 is 31.1 Å². The van der Waals surface area contributed by atoms with E-state index in [1.807, 2.05) is 0 Å². The first kappa shape index (κ1) is 17.5. The number of carboxylic acids is 1. The Bertz CT molecular complexity index is 308. The van der Waals surface area contributed by atoms with Crippen LogP contribution in [-0.2, 0) is 4.79 Å². The fourth-order valence-electron chi connectivity index (χ4n) is 1.35. The van der Waals surface area contributed by atoms with Gasteiger partial charge in [0.1, 0.15) is 0 Å². The number of urea groups is 1. The van der Waals surface area contributed by atoms with Gasteiger partial charge in [0.2, 0.25) is 0 Å². The molecule has 0 saturated carbocycles. The zero-order valence-electron chi connectivity index (χ0n) is 11.0. The molecule has 8 heteroatoms. The number of hydrogen-bond acceptors (Lipinski definition) is 2. The molecule has 2 amide bonds. The topological polar surface area (TPSA) is 69.6 Å². The van der Waals surface area contributed by atoms with Crippen LogP contribution in [0.25, 0.3) is 0 Å². The Morgan fingerprint density at radius 3 is 2.42 bits per heavy atom. The number of rotatable bonds is 7. The number of nitrogens with one attached hydrogen (secondary N) is 1. The number of aliphatic carboxylic acids is 1. The molecular weight excluding hydrogens is 265 g/mol. The van der Waals surface area contributed by atoms with Crippen LogP contribution < -0.4 is 5.32 Å². The van der Waals surface area contributed by atoms with Crippen LogP contribution in [0, 0.1) is 0 Å². The van der Waals surface area contributed by atoms with Crippen LogP contribution >= 0.6 is 0 Å². The SMILES string of the molecule is CC(CCCC(=O)O)NC(=O)N(C)CCC(F)(F)F. The summed E-state index contributed by atoms with van der Waals surface area (Å²) in [7, 11) is 1.28. The minimum atomic E-state index is -4.29. The normalized spacial score (nSPS) is 12.9. The molecule has 2 N–H and O–H groups in total. The van der Waals surface area contributed by atoms with E-state index in [-0.39, 0.29) is 12.5 Å². The molecule has 0 aromatic rings. The molecule has 5 nitrogen and oxygen atoms in total. The highest BCUT2D eigenvalue weighted by Gasteiger charge is 2.28. The molecule has 0 bridgehead atoms. The van der Waals surface area contributed by atoms with E-state index in [1.165, 1.54) is 7.05 Å². The van der Waals surface area contributed by atoms with Gasteiger partial charge in [0, 0.05) is 26.1 Å². The van der Waals surface area contributed by atoms with Crippen molar-refractivity contribution in [2.24, 2.45) is 0 Å². The summed E-state index contributed by atoms with van der Waals surface area (Å²) in [5.74, 6) is -0.916. The monoisotopic (exact) mass is 284 g/mol. The zero-order chi connectivity index (χ0) is 15.1. The van der Waals surface area contributed by atoms with Gasteiger partial charge in [-0.2, -0.15) is 13.2 Å². The van der Waals surface area contributed by atoms with Gasteiger partial charge in [0.15, 0.2) is 0 Å². The molecule has 0 aromatic heterocycles. The number of carbonyl (C=O) groups excluding carboxylic acids is 1. The average molecular weight is 284 g/mol. The standard InChI is InChI=1S/C11H19F3N2O3/c1-8(4-3-5-9(17)18)15-10(19)16(2)7-6-11(12,13)14/h8H,3-7H2,1-2H3,(H,15,19)(H,17,18). The van der Waals surface area contributed by atoms with Crippen molar-refractivity contribution >= 4 is 12.0 Å². The van der Waals surface area contributed by atoms with Crippen molar-refractivity contribution in [3.63, 3.8) is 0 Å².